The van der Waals surface area contributed by atoms with Crippen LogP contribution in [-0.4, -0.2) is 11.1 Å². The van der Waals surface area contributed by atoms with E-state index < -0.39 is 5.97 Å². The van der Waals surface area contributed by atoms with E-state index in [-0.39, 0.29) is 5.56 Å². The fourth-order valence-electron chi connectivity index (χ4n) is 1.02. The van der Waals surface area contributed by atoms with Crippen molar-refractivity contribution in [3.05, 3.63) is 28.8 Å². The highest BCUT2D eigenvalue weighted by atomic mass is 16.4. The Hall–Kier alpha value is -2.09. The number of carbonyl (C=O) groups is 1. The molecule has 14 heavy (non-hydrogen) atoms. The van der Waals surface area contributed by atoms with E-state index in [0.29, 0.717) is 5.69 Å². The zero-order valence-electron chi connectivity index (χ0n) is 7.98. The van der Waals surface area contributed by atoms with Gasteiger partial charge in [-0.2, -0.15) is 0 Å². The molecule has 0 atom stereocenters. The van der Waals surface area contributed by atoms with Crippen LogP contribution in [0.4, 0.5) is 5.69 Å². The first-order chi connectivity index (χ1) is 6.52. The maximum atomic E-state index is 10.6. The highest BCUT2D eigenvalue weighted by molar-refractivity contribution is 5.94. The van der Waals surface area contributed by atoms with Crippen molar-refractivity contribution in [3.8, 4) is 0 Å². The summed E-state index contributed by atoms with van der Waals surface area (Å²) in [5.41, 5.74) is 7.97. The van der Waals surface area contributed by atoms with Crippen LogP contribution in [0.5, 0.6) is 0 Å². The van der Waals surface area contributed by atoms with E-state index in [9.17, 15) is 4.79 Å². The topological polar surface area (TPSA) is 111 Å². The van der Waals surface area contributed by atoms with Crippen molar-refractivity contribution >= 4 is 11.7 Å². The average molecular weight is 193 g/mol. The minimum atomic E-state index is -0.976. The second-order valence-corrected chi connectivity index (χ2v) is 2.83. The lowest BCUT2D eigenvalue weighted by atomic mass is 10.0. The monoisotopic (exact) mass is 193 g/mol. The summed E-state index contributed by atoms with van der Waals surface area (Å²) < 4.78 is 0. The van der Waals surface area contributed by atoms with Gasteiger partial charge in [0.25, 0.3) is 0 Å². The van der Waals surface area contributed by atoms with Gasteiger partial charge in [0.2, 0.25) is 0 Å². The van der Waals surface area contributed by atoms with E-state index in [1.54, 1.807) is 12.1 Å². The molecule has 0 aromatic heterocycles. The van der Waals surface area contributed by atoms with E-state index >= 15 is 0 Å². The minimum absolute atomic E-state index is 0.179. The summed E-state index contributed by atoms with van der Waals surface area (Å²) in [6.45, 7) is 3.76. The van der Waals surface area contributed by atoms with Crippen LogP contribution in [0.25, 0.3) is 0 Å². The molecule has 0 fully saturated rings. The van der Waals surface area contributed by atoms with Gasteiger partial charge in [0, 0.05) is 16.5 Å². The molecule has 0 heterocycles. The highest BCUT2D eigenvalue weighted by Crippen LogP contribution is 2.17. The molecule has 5 heteroatoms. The van der Waals surface area contributed by atoms with Gasteiger partial charge >= 0.3 is 5.97 Å². The van der Waals surface area contributed by atoms with Gasteiger partial charge in [-0.15, -0.1) is 0 Å². The quantitative estimate of drug-likeness (QED) is 0.519. The maximum absolute atomic E-state index is 10.6. The molecule has 1 aromatic carbocycles. The smallest absolute Gasteiger partial charge is 0.337 e. The van der Waals surface area contributed by atoms with Gasteiger partial charge in [-0.3, -0.25) is 0 Å². The van der Waals surface area contributed by atoms with Crippen LogP contribution in [0.3, 0.4) is 0 Å². The van der Waals surface area contributed by atoms with Gasteiger partial charge in [0.1, 0.15) is 0 Å². The molecule has 0 unspecified atom stereocenters. The molecule has 0 saturated carbocycles. The van der Waals surface area contributed by atoms with E-state index in [0.717, 1.165) is 11.1 Å². The van der Waals surface area contributed by atoms with E-state index in [1.165, 1.54) is 0 Å². The van der Waals surface area contributed by atoms with Crippen LogP contribution < -0.4 is 5.73 Å². The van der Waals surface area contributed by atoms with Crippen LogP contribution in [0.15, 0.2) is 12.1 Å². The van der Waals surface area contributed by atoms with Crippen molar-refractivity contribution in [3.63, 3.8) is 0 Å². The predicted molar refractivity (Wildman–Crippen MR) is 50.7 cm³/mol. The number of aromatic carboxylic acids is 1. The summed E-state index contributed by atoms with van der Waals surface area (Å²) in [4.78, 5) is 10.6. The number of hydrogen-bond donors (Lipinski definition) is 2. The first-order valence-corrected chi connectivity index (χ1v) is 3.82. The molecular formula is C9H11N3O2. The Kier molecular flexibility index (Phi) is 4.10. The van der Waals surface area contributed by atoms with Crippen LogP contribution >= 0.6 is 0 Å². The molecule has 0 bridgehead atoms. The molecule has 1 rings (SSSR count). The molecule has 1 aromatic rings. The Morgan fingerprint density at radius 3 is 2.14 bits per heavy atom. The largest absolute Gasteiger partial charge is 0.478 e. The van der Waals surface area contributed by atoms with E-state index in [1.807, 2.05) is 13.8 Å². The predicted octanol–water partition coefficient (Wildman–Crippen LogP) is 1.61. The molecule has 0 aliphatic carbocycles. The summed E-state index contributed by atoms with van der Waals surface area (Å²) in [5.74, 6) is -0.976. The van der Waals surface area contributed by atoms with Gasteiger partial charge in [0.15, 0.2) is 0 Å². The van der Waals surface area contributed by atoms with Crippen molar-refractivity contribution < 1.29 is 9.90 Å². The molecular weight excluding hydrogens is 182 g/mol. The van der Waals surface area contributed by atoms with E-state index in [2.05, 4.69) is 0 Å². The van der Waals surface area contributed by atoms with Crippen molar-refractivity contribution in [1.82, 2.24) is 0 Å². The number of benzene rings is 1. The molecule has 5 nitrogen and oxygen atoms in total. The summed E-state index contributed by atoms with van der Waals surface area (Å²) >= 11 is 0. The molecule has 3 N–H and O–H groups in total. The third-order valence-corrected chi connectivity index (χ3v) is 1.90. The van der Waals surface area contributed by atoms with E-state index in [4.69, 9.17) is 21.6 Å². The number of rotatable bonds is 1. The Balaban J connectivity index is 0.000000791. The van der Waals surface area contributed by atoms with Gasteiger partial charge in [-0.1, -0.05) is 0 Å². The second-order valence-electron chi connectivity index (χ2n) is 2.83. The minimum Gasteiger partial charge on any atom is -0.478 e. The first-order valence-electron chi connectivity index (χ1n) is 3.82. The lowest BCUT2D eigenvalue weighted by Crippen LogP contribution is -2.03. The van der Waals surface area contributed by atoms with Crippen LogP contribution in [0.2, 0.25) is 0 Å². The summed E-state index contributed by atoms with van der Waals surface area (Å²) in [7, 11) is 0. The van der Waals surface area contributed by atoms with Gasteiger partial charge < -0.3 is 10.8 Å². The van der Waals surface area contributed by atoms with Crippen molar-refractivity contribution in [1.29, 1.82) is 10.8 Å². The van der Waals surface area contributed by atoms with Gasteiger partial charge in [0.05, 0.1) is 5.56 Å². The van der Waals surface area contributed by atoms with Gasteiger partial charge in [-0.05, 0) is 37.1 Å². The van der Waals surface area contributed by atoms with Gasteiger partial charge in [-0.25, -0.2) is 4.79 Å². The Bertz CT molecular complexity index is 372. The molecule has 0 saturated heterocycles. The fourth-order valence-corrected chi connectivity index (χ4v) is 1.02. The number of aryl methyl sites for hydroxylation is 2. The van der Waals surface area contributed by atoms with Crippen LogP contribution in [0.1, 0.15) is 21.5 Å². The lowest BCUT2D eigenvalue weighted by Gasteiger charge is -2.04. The Morgan fingerprint density at radius 1 is 1.29 bits per heavy atom. The van der Waals surface area contributed by atoms with Crippen LogP contribution in [0, 0.1) is 24.6 Å². The van der Waals surface area contributed by atoms with Crippen molar-refractivity contribution in [2.45, 2.75) is 13.8 Å². The number of nitrogen functional groups attached to an aromatic ring is 1. The number of nitrogens with zero attached hydrogens (tertiary/aromatic N) is 2. The fraction of sp³-hybridized carbons (Fsp3) is 0.222. The standard InChI is InChI=1S/C9H11NO2.N2/c1-5-3-7(9(11)12)8(10)4-6(5)2;1-2/h3-4H,10H2,1-2H3,(H,11,12);. The third-order valence-electron chi connectivity index (χ3n) is 1.90. The summed E-state index contributed by atoms with van der Waals surface area (Å²) in [5, 5.41) is 20.7. The molecule has 0 amide bonds. The zero-order valence-corrected chi connectivity index (χ0v) is 7.98. The third kappa shape index (κ3) is 2.45. The number of anilines is 1. The summed E-state index contributed by atoms with van der Waals surface area (Å²) in [6.07, 6.45) is 0. The highest BCUT2D eigenvalue weighted by Gasteiger charge is 2.08. The average Bonchev–Trinajstić information content (AvgIpc) is 2.14. The normalized spacial score (nSPS) is 8.57. The number of nitrogens with two attached hydrogens (primary N) is 1. The van der Waals surface area contributed by atoms with Crippen molar-refractivity contribution in [2.24, 2.45) is 0 Å². The van der Waals surface area contributed by atoms with Crippen LogP contribution in [-0.2, 0) is 0 Å². The first kappa shape index (κ1) is 11.9. The molecule has 0 spiro atoms. The summed E-state index contributed by atoms with van der Waals surface area (Å²) in [6, 6.07) is 3.27. The molecule has 0 radical (unpaired) electrons. The Morgan fingerprint density at radius 2 is 1.71 bits per heavy atom. The lowest BCUT2D eigenvalue weighted by molar-refractivity contribution is 0.0698. The SMILES string of the molecule is Cc1cc(N)c(C(=O)O)cc1C.N#N. The second kappa shape index (κ2) is 4.82. The maximum Gasteiger partial charge on any atom is 0.337 e. The number of hydrogen-bond acceptors (Lipinski definition) is 4. The number of carboxylic acids is 1. The Labute approximate surface area is 81.6 Å². The molecule has 0 aliphatic heterocycles. The van der Waals surface area contributed by atoms with Crippen molar-refractivity contribution in [2.75, 3.05) is 5.73 Å². The molecule has 74 valence electrons. The zero-order chi connectivity index (χ0) is 11.3. The number of carboxylic acid groups (broad SMARTS) is 1. The molecule has 0 aliphatic rings.